The van der Waals surface area contributed by atoms with E-state index in [0.29, 0.717) is 16.3 Å². The van der Waals surface area contributed by atoms with E-state index in [1.165, 1.54) is 11.8 Å². The Morgan fingerprint density at radius 3 is 2.92 bits per heavy atom. The lowest BCUT2D eigenvalue weighted by Gasteiger charge is -2.20. The average molecular weight is 472 g/mol. The highest BCUT2D eigenvalue weighted by atomic mass is 79.9. The van der Waals surface area contributed by atoms with Crippen LogP contribution in [0.3, 0.4) is 0 Å². The van der Waals surface area contributed by atoms with Crippen molar-refractivity contribution < 1.29 is 19.8 Å². The number of hydrogen-bond acceptors (Lipinski definition) is 7. The minimum absolute atomic E-state index is 0.163. The first kappa shape index (κ1) is 19.3. The van der Waals surface area contributed by atoms with Gasteiger partial charge in [0.15, 0.2) is 3.95 Å². The van der Waals surface area contributed by atoms with Crippen LogP contribution >= 0.6 is 51.2 Å². The predicted molar refractivity (Wildman–Crippen MR) is 104 cm³/mol. The van der Waals surface area contributed by atoms with E-state index in [2.05, 4.69) is 20.9 Å². The maximum atomic E-state index is 12.4. The molecule has 0 fully saturated rings. The Labute approximate surface area is 170 Å². The maximum Gasteiger partial charge on any atom is 0.279 e. The van der Waals surface area contributed by atoms with Crippen molar-refractivity contribution in [1.82, 2.24) is 4.57 Å². The number of thiazole rings is 1. The van der Waals surface area contributed by atoms with Crippen molar-refractivity contribution >= 4 is 68.7 Å². The molecule has 2 aromatic rings. The van der Waals surface area contributed by atoms with Gasteiger partial charge in [0.25, 0.3) is 5.91 Å². The van der Waals surface area contributed by atoms with E-state index in [0.717, 1.165) is 20.4 Å². The molecule has 3 rings (SSSR count). The largest absolute Gasteiger partial charge is 0.548 e. The monoisotopic (exact) mass is 471 g/mol. The molecule has 1 aromatic carbocycles. The summed E-state index contributed by atoms with van der Waals surface area (Å²) in [4.78, 5) is 28.2. The number of amides is 1. The van der Waals surface area contributed by atoms with Gasteiger partial charge in [-0.1, -0.05) is 15.9 Å². The molecule has 1 aliphatic heterocycles. The Morgan fingerprint density at radius 2 is 2.27 bits per heavy atom. The summed E-state index contributed by atoms with van der Waals surface area (Å²) >= 11 is 11.1. The number of hydrogen-bond donors (Lipinski definition) is 1. The third-order valence-electron chi connectivity index (χ3n) is 3.89. The first-order chi connectivity index (χ1) is 12.3. The van der Waals surface area contributed by atoms with Crippen LogP contribution in [0.1, 0.15) is 17.3 Å². The van der Waals surface area contributed by atoms with Crippen LogP contribution in [0.25, 0.3) is 5.57 Å². The standard InChI is InChI=1S/C16H13BrN2O4S3/c1-25-5-4-10(15(22)23)19-14(21)12(26-16(19)24)11-8-6-7(17)2-3-9(8)18-13(11)20/h2-3,6,10,21H,4-5H2,1H3,(H,22,23)/p-1/t10-/m0/s1. The molecule has 0 saturated heterocycles. The highest BCUT2D eigenvalue weighted by molar-refractivity contribution is 9.10. The number of aromatic hydroxyl groups is 1. The summed E-state index contributed by atoms with van der Waals surface area (Å²) < 4.78 is 2.07. The van der Waals surface area contributed by atoms with Gasteiger partial charge in [-0.2, -0.15) is 11.8 Å². The van der Waals surface area contributed by atoms with Crippen LogP contribution in [0.15, 0.2) is 27.7 Å². The minimum Gasteiger partial charge on any atom is -0.548 e. The van der Waals surface area contributed by atoms with Gasteiger partial charge >= 0.3 is 0 Å². The van der Waals surface area contributed by atoms with Gasteiger partial charge in [-0.05, 0) is 48.8 Å². The Bertz CT molecular complexity index is 1090. The van der Waals surface area contributed by atoms with E-state index in [4.69, 9.17) is 12.2 Å². The van der Waals surface area contributed by atoms with Gasteiger partial charge in [0.1, 0.15) is 4.88 Å². The normalized spacial score (nSPS) is 14.2. The van der Waals surface area contributed by atoms with Crippen molar-refractivity contribution in [3.05, 3.63) is 42.1 Å². The van der Waals surface area contributed by atoms with Crippen molar-refractivity contribution in [2.45, 2.75) is 12.5 Å². The van der Waals surface area contributed by atoms with Crippen LogP contribution in [0, 0.1) is 3.95 Å². The van der Waals surface area contributed by atoms with E-state index in [1.807, 2.05) is 6.26 Å². The molecule has 0 aliphatic carbocycles. The fraction of sp³-hybridized carbons (Fsp3) is 0.250. The number of carbonyl (C=O) groups excluding carboxylic acids is 2. The second kappa shape index (κ2) is 7.63. The number of fused-ring (bicyclic) bond motifs is 1. The van der Waals surface area contributed by atoms with Crippen molar-refractivity contribution in [2.75, 3.05) is 12.0 Å². The molecule has 6 nitrogen and oxygen atoms in total. The van der Waals surface area contributed by atoms with E-state index >= 15 is 0 Å². The second-order valence-electron chi connectivity index (χ2n) is 5.46. The van der Waals surface area contributed by atoms with E-state index in [1.54, 1.807) is 18.2 Å². The highest BCUT2D eigenvalue weighted by Crippen LogP contribution is 2.36. The molecule has 0 spiro atoms. The quantitative estimate of drug-likeness (QED) is 0.634. The summed E-state index contributed by atoms with van der Waals surface area (Å²) in [6, 6.07) is 4.09. The summed E-state index contributed by atoms with van der Waals surface area (Å²) in [5, 5.41) is 23.3. The molecule has 10 heteroatoms. The maximum absolute atomic E-state index is 12.4. The van der Waals surface area contributed by atoms with Gasteiger partial charge in [-0.15, -0.1) is 11.3 Å². The number of nitrogens with zero attached hydrogens (tertiary/aromatic N) is 2. The third-order valence-corrected chi connectivity index (χ3v) is 6.43. The average Bonchev–Trinajstić information content (AvgIpc) is 3.04. The summed E-state index contributed by atoms with van der Waals surface area (Å²) in [5.74, 6) is -1.61. The molecule has 0 saturated carbocycles. The Kier molecular flexibility index (Phi) is 5.66. The first-order valence-corrected chi connectivity index (χ1v) is 10.8. The van der Waals surface area contributed by atoms with Gasteiger partial charge in [0.2, 0.25) is 5.88 Å². The Balaban J connectivity index is 2.22. The molecule has 1 N–H and O–H groups in total. The van der Waals surface area contributed by atoms with E-state index in [9.17, 15) is 19.8 Å². The van der Waals surface area contributed by atoms with Gasteiger partial charge in [-0.25, -0.2) is 4.99 Å². The lowest BCUT2D eigenvalue weighted by Crippen LogP contribution is -2.33. The number of rotatable bonds is 6. The fourth-order valence-corrected chi connectivity index (χ4v) is 4.96. The number of carboxylic acids is 1. The number of aromatic nitrogens is 1. The summed E-state index contributed by atoms with van der Waals surface area (Å²) in [6.45, 7) is 0. The molecule has 136 valence electrons. The van der Waals surface area contributed by atoms with Crippen LogP contribution in [0.2, 0.25) is 0 Å². The van der Waals surface area contributed by atoms with Crippen LogP contribution in [0.4, 0.5) is 0 Å². The molecule has 0 bridgehead atoms. The number of benzene rings is 1. The zero-order valence-corrected chi connectivity index (χ0v) is 17.4. The van der Waals surface area contributed by atoms with Crippen molar-refractivity contribution in [3.8, 4) is 5.88 Å². The number of halogens is 1. The minimum atomic E-state index is -1.33. The molecule has 1 aromatic heterocycles. The van der Waals surface area contributed by atoms with Crippen molar-refractivity contribution in [1.29, 1.82) is 0 Å². The van der Waals surface area contributed by atoms with Crippen LogP contribution in [-0.4, -0.2) is 33.6 Å². The zero-order chi connectivity index (χ0) is 19.0. The van der Waals surface area contributed by atoms with Crippen LogP contribution in [0.5, 0.6) is 5.88 Å². The van der Waals surface area contributed by atoms with Crippen LogP contribution in [-0.2, 0) is 9.59 Å². The number of thioether (sulfide) groups is 1. The SMILES string of the molecule is CSCC[C@@H](C(=O)[O-])n1c(O)c(C2=c3cc(Br)ccc3=NC2=O)sc1=S. The van der Waals surface area contributed by atoms with Crippen molar-refractivity contribution in [3.63, 3.8) is 0 Å². The number of carboxylic acid groups (broad SMARTS) is 1. The van der Waals surface area contributed by atoms with Gasteiger partial charge in [0.05, 0.1) is 22.9 Å². The number of aliphatic carboxylic acids is 1. The molecule has 2 heterocycles. The topological polar surface area (TPSA) is 94.7 Å². The summed E-state index contributed by atoms with van der Waals surface area (Å²) in [6.07, 6.45) is 2.10. The van der Waals surface area contributed by atoms with Gasteiger partial charge in [-0.3, -0.25) is 9.36 Å². The fourth-order valence-electron chi connectivity index (χ4n) is 2.70. The molecule has 1 amide bonds. The number of carbonyl (C=O) groups is 2. The molecule has 1 atom stereocenters. The summed E-state index contributed by atoms with van der Waals surface area (Å²) in [5.41, 5.74) is 0.218. The van der Waals surface area contributed by atoms with Crippen LogP contribution < -0.4 is 15.7 Å². The molecule has 26 heavy (non-hydrogen) atoms. The van der Waals surface area contributed by atoms with Gasteiger partial charge < -0.3 is 15.0 Å². The predicted octanol–water partition coefficient (Wildman–Crippen LogP) is 1.15. The van der Waals surface area contributed by atoms with Crippen molar-refractivity contribution in [2.24, 2.45) is 4.99 Å². The smallest absolute Gasteiger partial charge is 0.279 e. The van der Waals surface area contributed by atoms with E-state index < -0.39 is 17.9 Å². The van der Waals surface area contributed by atoms with E-state index in [-0.39, 0.29) is 26.7 Å². The molecule has 0 unspecified atom stereocenters. The second-order valence-corrected chi connectivity index (χ2v) is 9.01. The third kappa shape index (κ3) is 3.38. The Morgan fingerprint density at radius 1 is 1.54 bits per heavy atom. The lowest BCUT2D eigenvalue weighted by atomic mass is 10.1. The summed E-state index contributed by atoms with van der Waals surface area (Å²) in [7, 11) is 0. The molecule has 1 aliphatic rings. The molecular formula is C16H12BrN2O4S3-. The molecule has 0 radical (unpaired) electrons. The Hall–Kier alpha value is -1.49. The highest BCUT2D eigenvalue weighted by Gasteiger charge is 2.28. The van der Waals surface area contributed by atoms with Gasteiger partial charge in [0, 0.05) is 9.69 Å². The molecular weight excluding hydrogens is 460 g/mol. The zero-order valence-electron chi connectivity index (χ0n) is 13.4. The lowest BCUT2D eigenvalue weighted by molar-refractivity contribution is -0.310. The first-order valence-electron chi connectivity index (χ1n) is 7.42.